The second-order valence-electron chi connectivity index (χ2n) is 5.70. The fourth-order valence-electron chi connectivity index (χ4n) is 3.16. The number of hydrogen-bond donors (Lipinski definition) is 1. The maximum absolute atomic E-state index is 12.4. The number of hydrogen-bond acceptors (Lipinski definition) is 3. The monoisotopic (exact) mass is 274 g/mol. The van der Waals surface area contributed by atoms with Crippen LogP contribution in [0.4, 0.5) is 0 Å². The van der Waals surface area contributed by atoms with Crippen LogP contribution >= 0.6 is 0 Å². The molecule has 1 N–H and O–H groups in total. The van der Waals surface area contributed by atoms with Gasteiger partial charge in [0.1, 0.15) is 0 Å². The minimum absolute atomic E-state index is 0.118. The predicted octanol–water partition coefficient (Wildman–Crippen LogP) is 0.991. The average Bonchev–Trinajstić information content (AvgIpc) is 2.89. The van der Waals surface area contributed by atoms with Crippen LogP contribution in [0.15, 0.2) is 24.3 Å². The first kappa shape index (κ1) is 13.6. The van der Waals surface area contributed by atoms with Crippen LogP contribution in [0.1, 0.15) is 18.1 Å². The molecule has 4 nitrogen and oxygen atoms in total. The maximum Gasteiger partial charge on any atom is 0.239 e. The lowest BCUT2D eigenvalue weighted by molar-refractivity contribution is -0.137. The number of carbonyl (C=O) groups is 1. The molecule has 1 fully saturated rings. The maximum atomic E-state index is 12.4. The van der Waals surface area contributed by atoms with Gasteiger partial charge in [-0.15, -0.1) is 0 Å². The van der Waals surface area contributed by atoms with Crippen LogP contribution in [0, 0.1) is 0 Å². The summed E-state index contributed by atoms with van der Waals surface area (Å²) in [6, 6.07) is 8.81. The van der Waals surface area contributed by atoms with Crippen LogP contribution in [0.3, 0.4) is 0 Å². The third-order valence-corrected chi connectivity index (χ3v) is 4.23. The van der Waals surface area contributed by atoms with Crippen molar-refractivity contribution in [1.29, 1.82) is 0 Å². The molecule has 1 aliphatic carbocycles. The smallest absolute Gasteiger partial charge is 0.239 e. The molecule has 1 aromatic carbocycles. The molecular formula is C16H22N2O2. The Labute approximate surface area is 120 Å². The van der Waals surface area contributed by atoms with Gasteiger partial charge in [0.2, 0.25) is 5.91 Å². The predicted molar refractivity (Wildman–Crippen MR) is 77.6 cm³/mol. The molecule has 1 heterocycles. The lowest BCUT2D eigenvalue weighted by Crippen LogP contribution is -2.51. The van der Waals surface area contributed by atoms with Gasteiger partial charge in [0.05, 0.1) is 19.3 Å². The van der Waals surface area contributed by atoms with E-state index in [1.54, 1.807) is 0 Å². The van der Waals surface area contributed by atoms with Gasteiger partial charge in [-0.3, -0.25) is 4.79 Å². The van der Waals surface area contributed by atoms with E-state index in [9.17, 15) is 4.79 Å². The van der Waals surface area contributed by atoms with Crippen LogP contribution in [0.2, 0.25) is 0 Å². The molecule has 0 spiro atoms. The highest BCUT2D eigenvalue weighted by Crippen LogP contribution is 2.22. The van der Waals surface area contributed by atoms with E-state index in [-0.39, 0.29) is 11.9 Å². The Morgan fingerprint density at radius 1 is 1.25 bits per heavy atom. The molecular weight excluding hydrogens is 252 g/mol. The zero-order valence-corrected chi connectivity index (χ0v) is 12.0. The lowest BCUT2D eigenvalue weighted by atomic mass is 10.1. The summed E-state index contributed by atoms with van der Waals surface area (Å²) in [4.78, 5) is 14.3. The van der Waals surface area contributed by atoms with Gasteiger partial charge in [-0.1, -0.05) is 24.3 Å². The Morgan fingerprint density at radius 2 is 1.85 bits per heavy atom. The summed E-state index contributed by atoms with van der Waals surface area (Å²) in [5.41, 5.74) is 2.83. The summed E-state index contributed by atoms with van der Waals surface area (Å²) < 4.78 is 5.29. The second kappa shape index (κ2) is 5.94. The molecule has 4 heteroatoms. The Hall–Kier alpha value is -1.39. The Kier molecular flexibility index (Phi) is 4.03. The van der Waals surface area contributed by atoms with Gasteiger partial charge >= 0.3 is 0 Å². The van der Waals surface area contributed by atoms with Gasteiger partial charge in [0.25, 0.3) is 0 Å². The summed E-state index contributed by atoms with van der Waals surface area (Å²) in [5.74, 6) is 0.198. The van der Waals surface area contributed by atoms with Crippen LogP contribution in [0.5, 0.6) is 0 Å². The van der Waals surface area contributed by atoms with E-state index in [0.29, 0.717) is 19.3 Å². The number of morpholine rings is 1. The number of benzene rings is 1. The number of amides is 1. The first-order valence-electron chi connectivity index (χ1n) is 7.43. The van der Waals surface area contributed by atoms with E-state index in [2.05, 4.69) is 29.6 Å². The Morgan fingerprint density at radius 3 is 2.45 bits per heavy atom. The van der Waals surface area contributed by atoms with E-state index >= 15 is 0 Å². The SMILES string of the molecule is CC(NC1Cc2ccccc2C1)C(=O)N1CCOCC1. The van der Waals surface area contributed by atoms with E-state index < -0.39 is 0 Å². The molecule has 2 aliphatic rings. The standard InChI is InChI=1S/C16H22N2O2/c1-12(16(19)18-6-8-20-9-7-18)17-15-10-13-4-2-3-5-14(13)11-15/h2-5,12,15,17H,6-11H2,1H3. The van der Waals surface area contributed by atoms with Gasteiger partial charge in [-0.05, 0) is 30.9 Å². The fraction of sp³-hybridized carbons (Fsp3) is 0.562. The largest absolute Gasteiger partial charge is 0.378 e. The van der Waals surface area contributed by atoms with Crippen LogP contribution in [-0.4, -0.2) is 49.2 Å². The number of rotatable bonds is 3. The lowest BCUT2D eigenvalue weighted by Gasteiger charge is -2.30. The zero-order chi connectivity index (χ0) is 13.9. The van der Waals surface area contributed by atoms with Crippen molar-refractivity contribution in [2.75, 3.05) is 26.3 Å². The minimum Gasteiger partial charge on any atom is -0.378 e. The molecule has 0 bridgehead atoms. The van der Waals surface area contributed by atoms with Crippen molar-refractivity contribution in [3.63, 3.8) is 0 Å². The fourth-order valence-corrected chi connectivity index (χ4v) is 3.16. The highest BCUT2D eigenvalue weighted by molar-refractivity contribution is 5.81. The Balaban J connectivity index is 1.55. The molecule has 1 aromatic rings. The number of fused-ring (bicyclic) bond motifs is 1. The minimum atomic E-state index is -0.118. The molecule has 1 aliphatic heterocycles. The van der Waals surface area contributed by atoms with E-state index in [1.807, 2.05) is 11.8 Å². The molecule has 1 atom stereocenters. The molecule has 108 valence electrons. The topological polar surface area (TPSA) is 41.6 Å². The summed E-state index contributed by atoms with van der Waals surface area (Å²) in [5, 5.41) is 3.49. The average molecular weight is 274 g/mol. The van der Waals surface area contributed by atoms with Crippen molar-refractivity contribution in [3.8, 4) is 0 Å². The van der Waals surface area contributed by atoms with Gasteiger partial charge in [0, 0.05) is 19.1 Å². The van der Waals surface area contributed by atoms with Crippen molar-refractivity contribution < 1.29 is 9.53 Å². The second-order valence-corrected chi connectivity index (χ2v) is 5.70. The van der Waals surface area contributed by atoms with Crippen LogP contribution in [-0.2, 0) is 22.4 Å². The molecule has 0 saturated carbocycles. The van der Waals surface area contributed by atoms with Crippen molar-refractivity contribution in [2.45, 2.75) is 31.8 Å². The van der Waals surface area contributed by atoms with Gasteiger partial charge in [-0.25, -0.2) is 0 Å². The highest BCUT2D eigenvalue weighted by atomic mass is 16.5. The van der Waals surface area contributed by atoms with Crippen molar-refractivity contribution in [3.05, 3.63) is 35.4 Å². The Bertz CT molecular complexity index is 458. The molecule has 1 unspecified atom stereocenters. The third kappa shape index (κ3) is 2.86. The third-order valence-electron chi connectivity index (χ3n) is 4.23. The number of carbonyl (C=O) groups excluding carboxylic acids is 1. The van der Waals surface area contributed by atoms with Crippen molar-refractivity contribution in [2.24, 2.45) is 0 Å². The summed E-state index contributed by atoms with van der Waals surface area (Å²) in [6.07, 6.45) is 2.05. The number of nitrogens with zero attached hydrogens (tertiary/aromatic N) is 1. The highest BCUT2D eigenvalue weighted by Gasteiger charge is 2.27. The molecule has 0 radical (unpaired) electrons. The quantitative estimate of drug-likeness (QED) is 0.894. The molecule has 1 saturated heterocycles. The number of ether oxygens (including phenoxy) is 1. The van der Waals surface area contributed by atoms with Crippen molar-refractivity contribution in [1.82, 2.24) is 10.2 Å². The van der Waals surface area contributed by atoms with Gasteiger partial charge < -0.3 is 15.0 Å². The van der Waals surface area contributed by atoms with Crippen LogP contribution in [0.25, 0.3) is 0 Å². The van der Waals surface area contributed by atoms with E-state index in [0.717, 1.165) is 25.9 Å². The summed E-state index contributed by atoms with van der Waals surface area (Å²) >= 11 is 0. The zero-order valence-electron chi connectivity index (χ0n) is 12.0. The first-order valence-corrected chi connectivity index (χ1v) is 7.43. The summed E-state index contributed by atoms with van der Waals surface area (Å²) in [7, 11) is 0. The molecule has 3 rings (SSSR count). The van der Waals surface area contributed by atoms with E-state index in [4.69, 9.17) is 4.74 Å². The number of nitrogens with one attached hydrogen (secondary N) is 1. The van der Waals surface area contributed by atoms with Gasteiger partial charge in [-0.2, -0.15) is 0 Å². The normalized spacial score (nSPS) is 20.8. The molecule has 20 heavy (non-hydrogen) atoms. The van der Waals surface area contributed by atoms with Crippen molar-refractivity contribution >= 4 is 5.91 Å². The molecule has 0 aromatic heterocycles. The summed E-state index contributed by atoms with van der Waals surface area (Å²) in [6.45, 7) is 4.73. The van der Waals surface area contributed by atoms with E-state index in [1.165, 1.54) is 11.1 Å². The van der Waals surface area contributed by atoms with Gasteiger partial charge in [0.15, 0.2) is 0 Å². The van der Waals surface area contributed by atoms with Crippen LogP contribution < -0.4 is 5.32 Å². The first-order chi connectivity index (χ1) is 9.74. The molecule has 1 amide bonds.